The number of para-hydroxylation sites is 2. The minimum absolute atomic E-state index is 0.709. The summed E-state index contributed by atoms with van der Waals surface area (Å²) in [5.41, 5.74) is 8.85. The number of hydrogen-bond acceptors (Lipinski definition) is 5. The molecule has 0 aliphatic carbocycles. The van der Waals surface area contributed by atoms with Crippen LogP contribution in [0.3, 0.4) is 0 Å². The van der Waals surface area contributed by atoms with Crippen molar-refractivity contribution in [1.82, 2.24) is 19.9 Å². The van der Waals surface area contributed by atoms with Gasteiger partial charge in [-0.3, -0.25) is 9.88 Å². The smallest absolute Gasteiger partial charge is 0.160 e. The van der Waals surface area contributed by atoms with E-state index < -0.39 is 0 Å². The van der Waals surface area contributed by atoms with Gasteiger partial charge in [0.25, 0.3) is 0 Å². The zero-order valence-electron chi connectivity index (χ0n) is 23.0. The molecule has 0 spiro atoms. The fourth-order valence-electron chi connectivity index (χ4n) is 6.28. The first kappa shape index (κ1) is 23.7. The first-order valence-corrected chi connectivity index (χ1v) is 14.3. The summed E-state index contributed by atoms with van der Waals surface area (Å²) in [5, 5.41) is 4.30. The Kier molecular flexibility index (Phi) is 5.13. The van der Waals surface area contributed by atoms with Crippen LogP contribution in [0.25, 0.3) is 66.5 Å². The van der Waals surface area contributed by atoms with E-state index in [1.165, 1.54) is 0 Å². The van der Waals surface area contributed by atoms with Crippen molar-refractivity contribution in [1.29, 1.82) is 0 Å². The molecule has 5 heteroatoms. The molecule has 1 aliphatic rings. The van der Waals surface area contributed by atoms with Crippen LogP contribution in [-0.4, -0.2) is 19.9 Å². The van der Waals surface area contributed by atoms with Gasteiger partial charge in [0.1, 0.15) is 5.82 Å². The second-order valence-electron chi connectivity index (χ2n) is 10.7. The van der Waals surface area contributed by atoms with Gasteiger partial charge in [-0.05, 0) is 41.8 Å². The predicted molar refractivity (Wildman–Crippen MR) is 175 cm³/mol. The van der Waals surface area contributed by atoms with Crippen molar-refractivity contribution in [3.63, 3.8) is 0 Å². The first-order valence-electron chi connectivity index (χ1n) is 14.3. The summed E-state index contributed by atoms with van der Waals surface area (Å²) in [6.07, 6.45) is 1.91. The number of hydrogen-bond donors (Lipinski definition) is 0. The van der Waals surface area contributed by atoms with Gasteiger partial charge >= 0.3 is 0 Å². The highest BCUT2D eigenvalue weighted by Gasteiger charge is 2.29. The summed E-state index contributed by atoms with van der Waals surface area (Å²) in [4.78, 5) is 22.5. The molecular formula is C38H23N5. The number of benzene rings is 5. The lowest BCUT2D eigenvalue weighted by atomic mass is 9.95. The third-order valence-electron chi connectivity index (χ3n) is 8.22. The summed E-state index contributed by atoms with van der Waals surface area (Å²) >= 11 is 0. The molecule has 5 nitrogen and oxygen atoms in total. The molecule has 0 bridgehead atoms. The highest BCUT2D eigenvalue weighted by atomic mass is 15.2. The van der Waals surface area contributed by atoms with Gasteiger partial charge in [0.2, 0.25) is 0 Å². The highest BCUT2D eigenvalue weighted by Crippen LogP contribution is 2.50. The largest absolute Gasteiger partial charge is 0.294 e. The molecule has 0 amide bonds. The molecule has 5 aromatic carbocycles. The Morgan fingerprint density at radius 3 is 2.07 bits per heavy atom. The Hall–Kier alpha value is -5.94. The average Bonchev–Trinajstić information content (AvgIpc) is 3.08. The number of anilines is 3. The number of aromatic nitrogens is 4. The van der Waals surface area contributed by atoms with Crippen LogP contribution in [0.5, 0.6) is 0 Å². The predicted octanol–water partition coefficient (Wildman–Crippen LogP) is 9.51. The minimum atomic E-state index is 0.709. The maximum Gasteiger partial charge on any atom is 0.160 e. The summed E-state index contributed by atoms with van der Waals surface area (Å²) < 4.78 is 0. The van der Waals surface area contributed by atoms with Crippen molar-refractivity contribution in [2.45, 2.75) is 0 Å². The van der Waals surface area contributed by atoms with E-state index in [4.69, 9.17) is 19.9 Å². The van der Waals surface area contributed by atoms with Gasteiger partial charge in [0.15, 0.2) is 5.82 Å². The number of rotatable bonds is 3. The lowest BCUT2D eigenvalue weighted by molar-refractivity contribution is 1.19. The zero-order valence-corrected chi connectivity index (χ0v) is 23.0. The van der Waals surface area contributed by atoms with E-state index in [-0.39, 0.29) is 0 Å². The van der Waals surface area contributed by atoms with E-state index in [1.54, 1.807) is 0 Å². The fourth-order valence-corrected chi connectivity index (χ4v) is 6.28. The highest BCUT2D eigenvalue weighted by molar-refractivity contribution is 6.19. The van der Waals surface area contributed by atoms with Crippen LogP contribution >= 0.6 is 0 Å². The number of pyridine rings is 2. The third kappa shape index (κ3) is 3.65. The maximum atomic E-state index is 5.26. The van der Waals surface area contributed by atoms with Gasteiger partial charge < -0.3 is 0 Å². The van der Waals surface area contributed by atoms with Crippen molar-refractivity contribution in [2.75, 3.05) is 4.90 Å². The maximum absolute atomic E-state index is 5.26. The van der Waals surface area contributed by atoms with Gasteiger partial charge in [0, 0.05) is 39.3 Å². The fraction of sp³-hybridized carbons (Fsp3) is 0. The van der Waals surface area contributed by atoms with E-state index in [0.717, 1.165) is 77.8 Å². The summed E-state index contributed by atoms with van der Waals surface area (Å²) in [5.74, 6) is 1.58. The molecule has 0 N–H and O–H groups in total. The van der Waals surface area contributed by atoms with Crippen molar-refractivity contribution < 1.29 is 0 Å². The Morgan fingerprint density at radius 1 is 0.488 bits per heavy atom. The number of fused-ring (bicyclic) bond motifs is 5. The monoisotopic (exact) mass is 549 g/mol. The van der Waals surface area contributed by atoms with Gasteiger partial charge in [-0.25, -0.2) is 15.0 Å². The molecule has 43 heavy (non-hydrogen) atoms. The molecule has 0 fully saturated rings. The summed E-state index contributed by atoms with van der Waals surface area (Å²) in [6.45, 7) is 0. The van der Waals surface area contributed by atoms with Crippen LogP contribution in [0.1, 0.15) is 0 Å². The van der Waals surface area contributed by atoms with Gasteiger partial charge in [-0.1, -0.05) is 97.1 Å². The molecule has 8 aromatic rings. The van der Waals surface area contributed by atoms with Crippen molar-refractivity contribution in [2.24, 2.45) is 0 Å². The van der Waals surface area contributed by atoms with Crippen LogP contribution < -0.4 is 4.90 Å². The van der Waals surface area contributed by atoms with E-state index in [9.17, 15) is 0 Å². The Balaban J connectivity index is 1.34. The van der Waals surface area contributed by atoms with Crippen LogP contribution in [0.2, 0.25) is 0 Å². The number of nitrogens with zero attached hydrogens (tertiary/aromatic N) is 5. The van der Waals surface area contributed by atoms with Crippen LogP contribution in [0.15, 0.2) is 140 Å². The molecule has 0 unspecified atom stereocenters. The SMILES string of the molecule is c1ccc(-c2nc(-c3ccccc3)c3cc(N4c5ccccc5-c5nccc6c5c4nc4ccccc46)ccc3n2)cc1. The van der Waals surface area contributed by atoms with E-state index in [2.05, 4.69) is 108 Å². The molecule has 3 aromatic heterocycles. The average molecular weight is 550 g/mol. The van der Waals surface area contributed by atoms with Gasteiger partial charge in [-0.15, -0.1) is 0 Å². The van der Waals surface area contributed by atoms with Gasteiger partial charge in [0.05, 0.1) is 33.5 Å². The zero-order chi connectivity index (χ0) is 28.3. The second-order valence-corrected chi connectivity index (χ2v) is 10.7. The topological polar surface area (TPSA) is 54.8 Å². The minimum Gasteiger partial charge on any atom is -0.294 e. The Bertz CT molecular complexity index is 2350. The van der Waals surface area contributed by atoms with E-state index in [1.807, 2.05) is 36.5 Å². The van der Waals surface area contributed by atoms with Crippen LogP contribution in [0, 0.1) is 0 Å². The molecule has 0 saturated heterocycles. The van der Waals surface area contributed by atoms with E-state index in [0.29, 0.717) is 5.82 Å². The Morgan fingerprint density at radius 2 is 1.21 bits per heavy atom. The lowest BCUT2D eigenvalue weighted by Gasteiger charge is -2.32. The summed E-state index contributed by atoms with van der Waals surface area (Å²) in [6, 6.07) is 45.8. The molecule has 0 atom stereocenters. The molecule has 9 rings (SSSR count). The first-order chi connectivity index (χ1) is 21.3. The van der Waals surface area contributed by atoms with Gasteiger partial charge in [-0.2, -0.15) is 0 Å². The second kappa shape index (κ2) is 9.29. The molecule has 1 aliphatic heterocycles. The Labute approximate surface area is 247 Å². The molecular weight excluding hydrogens is 526 g/mol. The van der Waals surface area contributed by atoms with Crippen LogP contribution in [0.4, 0.5) is 17.2 Å². The molecule has 200 valence electrons. The normalized spacial score (nSPS) is 12.1. The van der Waals surface area contributed by atoms with Crippen LogP contribution in [-0.2, 0) is 0 Å². The summed E-state index contributed by atoms with van der Waals surface area (Å²) in [7, 11) is 0. The third-order valence-corrected chi connectivity index (χ3v) is 8.22. The molecule has 4 heterocycles. The standard InChI is InChI=1S/C38H23N5/c1-3-11-24(12-4-1)35-30-23-26(19-20-32(30)40-37(42-35)25-13-5-2-6-14-25)43-33-18-10-8-16-29(33)36-34-28(21-22-39-36)27-15-7-9-17-31(27)41-38(34)43/h1-23H. The van der Waals surface area contributed by atoms with E-state index >= 15 is 0 Å². The van der Waals surface area contributed by atoms with Crippen molar-refractivity contribution in [3.05, 3.63) is 140 Å². The van der Waals surface area contributed by atoms with Crippen molar-refractivity contribution >= 4 is 49.8 Å². The van der Waals surface area contributed by atoms with Crippen molar-refractivity contribution in [3.8, 4) is 33.9 Å². The quantitative estimate of drug-likeness (QED) is 0.205. The lowest BCUT2D eigenvalue weighted by Crippen LogP contribution is -2.17. The molecule has 0 saturated carbocycles. The molecule has 0 radical (unpaired) electrons.